The van der Waals surface area contributed by atoms with Gasteiger partial charge >= 0.3 is 6.18 Å². The fourth-order valence-electron chi connectivity index (χ4n) is 2.35. The summed E-state index contributed by atoms with van der Waals surface area (Å²) in [4.78, 5) is -0.215. The summed E-state index contributed by atoms with van der Waals surface area (Å²) in [5.74, 6) is 0. The Bertz CT molecular complexity index is 579. The third-order valence-electron chi connectivity index (χ3n) is 3.34. The van der Waals surface area contributed by atoms with Crippen LogP contribution in [0.3, 0.4) is 0 Å². The van der Waals surface area contributed by atoms with Crippen molar-refractivity contribution in [3.05, 3.63) is 12.4 Å². The van der Waals surface area contributed by atoms with Crippen LogP contribution in [0.1, 0.15) is 12.8 Å². The fraction of sp³-hybridized carbons (Fsp3) is 0.727. The molecule has 1 saturated heterocycles. The number of hydrogen-bond donors (Lipinski definition) is 1. The van der Waals surface area contributed by atoms with E-state index >= 15 is 0 Å². The van der Waals surface area contributed by atoms with Crippen molar-refractivity contribution in [2.75, 3.05) is 19.6 Å². The Balaban J connectivity index is 2.33. The van der Waals surface area contributed by atoms with Crippen molar-refractivity contribution in [1.29, 1.82) is 0 Å². The molecule has 6 nitrogen and oxygen atoms in total. The molecule has 0 aromatic carbocycles. The number of alkyl halides is 3. The van der Waals surface area contributed by atoms with Crippen LogP contribution in [0.4, 0.5) is 13.2 Å². The van der Waals surface area contributed by atoms with E-state index in [0.717, 1.165) is 6.20 Å². The number of aryl methyl sites for hydroxylation is 1. The minimum absolute atomic E-state index is 0.215. The van der Waals surface area contributed by atoms with E-state index in [-0.39, 0.29) is 4.90 Å². The molecule has 0 radical (unpaired) electrons. The number of nitrogens with one attached hydrogen (secondary N) is 1. The lowest BCUT2D eigenvalue weighted by molar-refractivity contribution is -0.140. The van der Waals surface area contributed by atoms with Gasteiger partial charge < -0.3 is 5.32 Å². The van der Waals surface area contributed by atoms with Crippen LogP contribution in [-0.2, 0) is 17.1 Å². The van der Waals surface area contributed by atoms with Gasteiger partial charge in [-0.3, -0.25) is 4.68 Å². The predicted molar refractivity (Wildman–Crippen MR) is 69.0 cm³/mol. The molecule has 0 atom stereocenters. The Morgan fingerprint density at radius 2 is 2.05 bits per heavy atom. The molecule has 1 aliphatic heterocycles. The Hall–Kier alpha value is -1.13. The van der Waals surface area contributed by atoms with Gasteiger partial charge in [0.15, 0.2) is 0 Å². The molecule has 1 aromatic heterocycles. The highest BCUT2D eigenvalue weighted by Crippen LogP contribution is 2.27. The maximum Gasteiger partial charge on any atom is 0.402 e. The first-order valence-electron chi connectivity index (χ1n) is 6.48. The molecule has 1 aliphatic rings. The zero-order valence-corrected chi connectivity index (χ0v) is 12.3. The van der Waals surface area contributed by atoms with Crippen molar-refractivity contribution >= 4 is 10.0 Å². The first-order chi connectivity index (χ1) is 9.70. The lowest BCUT2D eigenvalue weighted by Gasteiger charge is -2.33. The van der Waals surface area contributed by atoms with Gasteiger partial charge in [0.2, 0.25) is 10.0 Å². The summed E-state index contributed by atoms with van der Waals surface area (Å²) in [6, 6.07) is -0.655. The number of aromatic nitrogens is 2. The predicted octanol–water partition coefficient (Wildman–Crippen LogP) is 0.725. The second kappa shape index (κ2) is 5.93. The standard InChI is InChI=1S/C11H17F3N4O2S/c1-17-7-10(6-16-17)21(19,20)18(8-11(12,13)14)9-2-4-15-5-3-9/h6-7,9,15H,2-5,8H2,1H3. The molecule has 10 heteroatoms. The number of sulfonamides is 1. The van der Waals surface area contributed by atoms with Crippen LogP contribution in [0.25, 0.3) is 0 Å². The average Bonchev–Trinajstić information content (AvgIpc) is 2.83. The largest absolute Gasteiger partial charge is 0.402 e. The van der Waals surface area contributed by atoms with Gasteiger partial charge in [-0.15, -0.1) is 0 Å². The summed E-state index contributed by atoms with van der Waals surface area (Å²) in [7, 11) is -2.70. The highest BCUT2D eigenvalue weighted by atomic mass is 32.2. The van der Waals surface area contributed by atoms with Crippen LogP contribution in [-0.4, -0.2) is 54.4 Å². The molecule has 1 aromatic rings. The lowest BCUT2D eigenvalue weighted by atomic mass is 10.1. The molecule has 21 heavy (non-hydrogen) atoms. The molecule has 0 bridgehead atoms. The summed E-state index contributed by atoms with van der Waals surface area (Å²) in [5.41, 5.74) is 0. The monoisotopic (exact) mass is 326 g/mol. The van der Waals surface area contributed by atoms with E-state index in [1.54, 1.807) is 0 Å². The van der Waals surface area contributed by atoms with E-state index in [0.29, 0.717) is 30.2 Å². The van der Waals surface area contributed by atoms with Crippen LogP contribution < -0.4 is 5.32 Å². The SMILES string of the molecule is Cn1cc(S(=O)(=O)N(CC(F)(F)F)C2CCNCC2)cn1. The van der Waals surface area contributed by atoms with Crippen molar-refractivity contribution in [1.82, 2.24) is 19.4 Å². The van der Waals surface area contributed by atoms with Crippen LogP contribution in [0.5, 0.6) is 0 Å². The Kier molecular flexibility index (Phi) is 4.59. The quantitative estimate of drug-likeness (QED) is 0.886. The summed E-state index contributed by atoms with van der Waals surface area (Å²) in [5, 5.41) is 6.73. The smallest absolute Gasteiger partial charge is 0.317 e. The molecule has 1 fully saturated rings. The number of hydrogen-bond acceptors (Lipinski definition) is 4. The molecular weight excluding hydrogens is 309 g/mol. The van der Waals surface area contributed by atoms with E-state index in [9.17, 15) is 21.6 Å². The average molecular weight is 326 g/mol. The van der Waals surface area contributed by atoms with E-state index in [1.807, 2.05) is 0 Å². The van der Waals surface area contributed by atoms with Gasteiger partial charge in [0, 0.05) is 19.3 Å². The zero-order chi connectivity index (χ0) is 15.7. The second-order valence-electron chi connectivity index (χ2n) is 5.00. The Morgan fingerprint density at radius 3 is 2.52 bits per heavy atom. The van der Waals surface area contributed by atoms with E-state index in [1.165, 1.54) is 17.9 Å². The number of nitrogens with zero attached hydrogens (tertiary/aromatic N) is 3. The molecule has 0 saturated carbocycles. The molecule has 0 spiro atoms. The maximum atomic E-state index is 12.8. The van der Waals surface area contributed by atoms with Gasteiger partial charge in [-0.2, -0.15) is 22.6 Å². The minimum Gasteiger partial charge on any atom is -0.317 e. The summed E-state index contributed by atoms with van der Waals surface area (Å²) in [6.45, 7) is -0.474. The van der Waals surface area contributed by atoms with Crippen LogP contribution in [0.15, 0.2) is 17.3 Å². The van der Waals surface area contributed by atoms with Crippen molar-refractivity contribution in [3.8, 4) is 0 Å². The second-order valence-corrected chi connectivity index (χ2v) is 6.89. The van der Waals surface area contributed by atoms with Crippen molar-refractivity contribution in [2.45, 2.75) is 30.0 Å². The van der Waals surface area contributed by atoms with Gasteiger partial charge in [0.25, 0.3) is 0 Å². The lowest BCUT2D eigenvalue weighted by Crippen LogP contribution is -2.49. The molecule has 2 heterocycles. The fourth-order valence-corrected chi connectivity index (χ4v) is 4.01. The first kappa shape index (κ1) is 16.2. The van der Waals surface area contributed by atoms with Crippen molar-refractivity contribution < 1.29 is 21.6 Å². The van der Waals surface area contributed by atoms with E-state index in [4.69, 9.17) is 0 Å². The molecule has 0 unspecified atom stereocenters. The van der Waals surface area contributed by atoms with E-state index < -0.39 is 28.8 Å². The number of piperidine rings is 1. The molecule has 1 N–H and O–H groups in total. The van der Waals surface area contributed by atoms with Gasteiger partial charge in [0.1, 0.15) is 11.4 Å². The Morgan fingerprint density at radius 1 is 1.43 bits per heavy atom. The molecule has 0 aliphatic carbocycles. The summed E-state index contributed by atoms with van der Waals surface area (Å²) >= 11 is 0. The van der Waals surface area contributed by atoms with E-state index in [2.05, 4.69) is 10.4 Å². The van der Waals surface area contributed by atoms with Gasteiger partial charge in [-0.05, 0) is 25.9 Å². The number of halogens is 3. The highest BCUT2D eigenvalue weighted by Gasteiger charge is 2.41. The van der Waals surface area contributed by atoms with Crippen LogP contribution in [0.2, 0.25) is 0 Å². The third kappa shape index (κ3) is 3.95. The minimum atomic E-state index is -4.58. The summed E-state index contributed by atoms with van der Waals surface area (Å²) < 4.78 is 65.1. The molecule has 2 rings (SSSR count). The topological polar surface area (TPSA) is 67.2 Å². The third-order valence-corrected chi connectivity index (χ3v) is 5.19. The molecule has 120 valence electrons. The number of rotatable bonds is 4. The zero-order valence-electron chi connectivity index (χ0n) is 11.5. The summed E-state index contributed by atoms with van der Waals surface area (Å²) in [6.07, 6.45) is -1.59. The molecule has 0 amide bonds. The van der Waals surface area contributed by atoms with Gasteiger partial charge in [0.05, 0.1) is 6.20 Å². The van der Waals surface area contributed by atoms with Crippen molar-refractivity contribution in [2.24, 2.45) is 7.05 Å². The molecular formula is C11H17F3N4O2S. The maximum absolute atomic E-state index is 12.8. The van der Waals surface area contributed by atoms with Gasteiger partial charge in [-0.25, -0.2) is 8.42 Å². The van der Waals surface area contributed by atoms with Crippen LogP contribution >= 0.6 is 0 Å². The van der Waals surface area contributed by atoms with Crippen LogP contribution in [0, 0.1) is 0 Å². The van der Waals surface area contributed by atoms with Crippen molar-refractivity contribution in [3.63, 3.8) is 0 Å². The normalized spacial score (nSPS) is 18.3. The highest BCUT2D eigenvalue weighted by molar-refractivity contribution is 7.89. The van der Waals surface area contributed by atoms with Gasteiger partial charge in [-0.1, -0.05) is 0 Å². The Labute approximate surface area is 121 Å². The first-order valence-corrected chi connectivity index (χ1v) is 7.92.